The second-order valence-electron chi connectivity index (χ2n) is 4.03. The molecule has 0 heterocycles. The highest BCUT2D eigenvalue weighted by molar-refractivity contribution is 5.03. The predicted octanol–water partition coefficient (Wildman–Crippen LogP) is 3.55. The lowest BCUT2D eigenvalue weighted by Crippen LogP contribution is -2.22. The smallest absolute Gasteiger partial charge is 0.0808 e. The van der Waals surface area contributed by atoms with Gasteiger partial charge in [-0.15, -0.1) is 0 Å². The molecular formula is C11H22O. The van der Waals surface area contributed by atoms with Gasteiger partial charge in [-0.25, -0.2) is 0 Å². The Bertz CT molecular complexity index is 141. The van der Waals surface area contributed by atoms with Gasteiger partial charge in [0.25, 0.3) is 0 Å². The number of rotatable bonds is 5. The van der Waals surface area contributed by atoms with Gasteiger partial charge in [-0.1, -0.05) is 25.0 Å². The molecule has 0 atom stereocenters. The first-order chi connectivity index (χ1) is 5.48. The SMILES string of the molecule is CCCCOC(C)(C)C=C(C)C. The number of hydrogen-bond acceptors (Lipinski definition) is 1. The van der Waals surface area contributed by atoms with Gasteiger partial charge < -0.3 is 4.74 Å². The molecule has 0 aromatic rings. The monoisotopic (exact) mass is 170 g/mol. The van der Waals surface area contributed by atoms with E-state index >= 15 is 0 Å². The second kappa shape index (κ2) is 5.36. The lowest BCUT2D eigenvalue weighted by Gasteiger charge is -2.21. The maximum Gasteiger partial charge on any atom is 0.0808 e. The number of allylic oxidation sites excluding steroid dienone is 1. The minimum atomic E-state index is -0.0893. The molecule has 0 aliphatic rings. The molecule has 0 saturated heterocycles. The summed E-state index contributed by atoms with van der Waals surface area (Å²) in [5, 5.41) is 0. The highest BCUT2D eigenvalue weighted by Gasteiger charge is 2.13. The first kappa shape index (κ1) is 11.7. The quantitative estimate of drug-likeness (QED) is 0.453. The number of ether oxygens (including phenoxy) is 1. The first-order valence-corrected chi connectivity index (χ1v) is 4.78. The highest BCUT2D eigenvalue weighted by Crippen LogP contribution is 2.14. The van der Waals surface area contributed by atoms with Crippen LogP contribution in [-0.2, 0) is 4.74 Å². The molecule has 0 fully saturated rings. The van der Waals surface area contributed by atoms with E-state index in [0.29, 0.717) is 0 Å². The summed E-state index contributed by atoms with van der Waals surface area (Å²) in [4.78, 5) is 0. The maximum atomic E-state index is 5.70. The largest absolute Gasteiger partial charge is 0.371 e. The van der Waals surface area contributed by atoms with Crippen LogP contribution in [0.25, 0.3) is 0 Å². The summed E-state index contributed by atoms with van der Waals surface area (Å²) >= 11 is 0. The third kappa shape index (κ3) is 6.41. The molecule has 1 nitrogen and oxygen atoms in total. The molecule has 1 heteroatoms. The molecule has 0 bridgehead atoms. The van der Waals surface area contributed by atoms with E-state index in [1.54, 1.807) is 0 Å². The van der Waals surface area contributed by atoms with Crippen LogP contribution >= 0.6 is 0 Å². The Morgan fingerprint density at radius 1 is 1.33 bits per heavy atom. The average molecular weight is 170 g/mol. The Kier molecular flexibility index (Phi) is 5.23. The van der Waals surface area contributed by atoms with E-state index in [1.165, 1.54) is 12.0 Å². The fourth-order valence-electron chi connectivity index (χ4n) is 1.22. The van der Waals surface area contributed by atoms with E-state index in [1.807, 2.05) is 0 Å². The molecule has 0 rings (SSSR count). The number of hydrogen-bond donors (Lipinski definition) is 0. The molecule has 0 radical (unpaired) electrons. The number of unbranched alkanes of at least 4 members (excludes halogenated alkanes) is 1. The molecule has 0 saturated carbocycles. The lowest BCUT2D eigenvalue weighted by atomic mass is 10.1. The van der Waals surface area contributed by atoms with Gasteiger partial charge in [-0.05, 0) is 34.1 Å². The molecule has 0 aliphatic carbocycles. The molecule has 0 unspecified atom stereocenters. The summed E-state index contributed by atoms with van der Waals surface area (Å²) < 4.78 is 5.70. The molecule has 0 aromatic carbocycles. The van der Waals surface area contributed by atoms with Crippen molar-refractivity contribution < 1.29 is 4.74 Å². The van der Waals surface area contributed by atoms with Gasteiger partial charge >= 0.3 is 0 Å². The zero-order valence-electron chi connectivity index (χ0n) is 9.11. The molecule has 0 N–H and O–H groups in total. The van der Waals surface area contributed by atoms with Gasteiger partial charge in [0.2, 0.25) is 0 Å². The molecule has 0 aliphatic heterocycles. The topological polar surface area (TPSA) is 9.23 Å². The van der Waals surface area contributed by atoms with Crippen LogP contribution in [0.3, 0.4) is 0 Å². The standard InChI is InChI=1S/C11H22O/c1-6-7-8-12-11(4,5)9-10(2)3/h9H,6-8H2,1-5H3. The molecular weight excluding hydrogens is 148 g/mol. The minimum absolute atomic E-state index is 0.0893. The average Bonchev–Trinajstić information content (AvgIpc) is 1.84. The molecule has 0 amide bonds. The first-order valence-electron chi connectivity index (χ1n) is 4.78. The Morgan fingerprint density at radius 3 is 2.33 bits per heavy atom. The van der Waals surface area contributed by atoms with E-state index in [9.17, 15) is 0 Å². The van der Waals surface area contributed by atoms with Crippen molar-refractivity contribution in [3.05, 3.63) is 11.6 Å². The van der Waals surface area contributed by atoms with Crippen LogP contribution in [0.2, 0.25) is 0 Å². The minimum Gasteiger partial charge on any atom is -0.371 e. The Hall–Kier alpha value is -0.300. The van der Waals surface area contributed by atoms with Gasteiger partial charge in [-0.2, -0.15) is 0 Å². The normalized spacial score (nSPS) is 11.4. The fourth-order valence-corrected chi connectivity index (χ4v) is 1.22. The van der Waals surface area contributed by atoms with Crippen molar-refractivity contribution in [1.82, 2.24) is 0 Å². The third-order valence-corrected chi connectivity index (χ3v) is 1.61. The predicted molar refractivity (Wildman–Crippen MR) is 54.4 cm³/mol. The Balaban J connectivity index is 3.79. The van der Waals surface area contributed by atoms with Gasteiger partial charge in [0.1, 0.15) is 0 Å². The van der Waals surface area contributed by atoms with Crippen LogP contribution in [0.1, 0.15) is 47.5 Å². The van der Waals surface area contributed by atoms with Crippen LogP contribution < -0.4 is 0 Å². The van der Waals surface area contributed by atoms with E-state index < -0.39 is 0 Å². The zero-order valence-corrected chi connectivity index (χ0v) is 9.11. The summed E-state index contributed by atoms with van der Waals surface area (Å²) in [5.41, 5.74) is 1.23. The summed E-state index contributed by atoms with van der Waals surface area (Å²) in [5.74, 6) is 0. The van der Waals surface area contributed by atoms with E-state index in [0.717, 1.165) is 13.0 Å². The molecule has 72 valence electrons. The van der Waals surface area contributed by atoms with Crippen LogP contribution in [0, 0.1) is 0 Å². The second-order valence-corrected chi connectivity index (χ2v) is 4.03. The van der Waals surface area contributed by atoms with E-state index in [2.05, 4.69) is 40.7 Å². The Morgan fingerprint density at radius 2 is 1.92 bits per heavy atom. The Labute approximate surface area is 76.8 Å². The van der Waals surface area contributed by atoms with Gasteiger partial charge in [0, 0.05) is 6.61 Å². The fraction of sp³-hybridized carbons (Fsp3) is 0.818. The van der Waals surface area contributed by atoms with Crippen LogP contribution in [-0.4, -0.2) is 12.2 Å². The summed E-state index contributed by atoms with van der Waals surface area (Å²) in [6.45, 7) is 11.5. The van der Waals surface area contributed by atoms with Crippen LogP contribution in [0.15, 0.2) is 11.6 Å². The van der Waals surface area contributed by atoms with Gasteiger partial charge in [0.15, 0.2) is 0 Å². The molecule has 0 spiro atoms. The van der Waals surface area contributed by atoms with Crippen molar-refractivity contribution in [2.75, 3.05) is 6.61 Å². The van der Waals surface area contributed by atoms with Crippen molar-refractivity contribution >= 4 is 0 Å². The van der Waals surface area contributed by atoms with Gasteiger partial charge in [0.05, 0.1) is 5.60 Å². The van der Waals surface area contributed by atoms with E-state index in [4.69, 9.17) is 4.74 Å². The summed E-state index contributed by atoms with van der Waals surface area (Å²) in [6.07, 6.45) is 4.52. The maximum absolute atomic E-state index is 5.70. The third-order valence-electron chi connectivity index (χ3n) is 1.61. The lowest BCUT2D eigenvalue weighted by molar-refractivity contribution is 0.0176. The van der Waals surface area contributed by atoms with Crippen molar-refractivity contribution in [2.45, 2.75) is 53.1 Å². The van der Waals surface area contributed by atoms with Crippen molar-refractivity contribution in [1.29, 1.82) is 0 Å². The highest BCUT2D eigenvalue weighted by atomic mass is 16.5. The summed E-state index contributed by atoms with van der Waals surface area (Å²) in [7, 11) is 0. The van der Waals surface area contributed by atoms with Crippen molar-refractivity contribution in [3.8, 4) is 0 Å². The van der Waals surface area contributed by atoms with Crippen molar-refractivity contribution in [3.63, 3.8) is 0 Å². The van der Waals surface area contributed by atoms with Gasteiger partial charge in [-0.3, -0.25) is 0 Å². The molecule has 0 aromatic heterocycles. The van der Waals surface area contributed by atoms with Crippen LogP contribution in [0.5, 0.6) is 0 Å². The zero-order chi connectivity index (χ0) is 9.61. The summed E-state index contributed by atoms with van der Waals surface area (Å²) in [6, 6.07) is 0. The van der Waals surface area contributed by atoms with E-state index in [-0.39, 0.29) is 5.60 Å². The van der Waals surface area contributed by atoms with Crippen molar-refractivity contribution in [2.24, 2.45) is 0 Å². The molecule has 12 heavy (non-hydrogen) atoms. The van der Waals surface area contributed by atoms with Crippen LogP contribution in [0.4, 0.5) is 0 Å².